The molecule has 1 saturated heterocycles. The van der Waals surface area contributed by atoms with Gasteiger partial charge in [0.05, 0.1) is 7.11 Å². The summed E-state index contributed by atoms with van der Waals surface area (Å²) in [5.41, 5.74) is 2.84. The van der Waals surface area contributed by atoms with E-state index in [1.54, 1.807) is 21.2 Å². The van der Waals surface area contributed by atoms with Crippen LogP contribution < -0.4 is 0 Å². The average molecular weight is 363 g/mol. The molecule has 1 atom stereocenters. The number of methoxy groups -OCH3 is 1. The third-order valence-corrected chi connectivity index (χ3v) is 5.62. The second kappa shape index (κ2) is 7.38. The van der Waals surface area contributed by atoms with Gasteiger partial charge in [-0.1, -0.05) is 0 Å². The van der Waals surface area contributed by atoms with Crippen LogP contribution in [0.2, 0.25) is 0 Å². The van der Waals surface area contributed by atoms with Crippen molar-refractivity contribution in [3.63, 3.8) is 0 Å². The van der Waals surface area contributed by atoms with Crippen molar-refractivity contribution in [3.8, 4) is 0 Å². The maximum absolute atomic E-state index is 12.6. The standard InChI is InChI=1S/C16H21N5O3S/c1-10-12(11(2)21-16(19-10)17-9-18-21)4-5-14(22)20-6-7-25-13(8-20)15(23)24-3/h9,13H,4-8H2,1-3H3/t13-/m0/s1. The lowest BCUT2D eigenvalue weighted by atomic mass is 10.1. The normalized spacial score (nSPS) is 17.7. The molecule has 0 saturated carbocycles. The zero-order chi connectivity index (χ0) is 18.0. The Bertz CT molecular complexity index is 806. The van der Waals surface area contributed by atoms with E-state index in [0.717, 1.165) is 22.7 Å². The van der Waals surface area contributed by atoms with Gasteiger partial charge < -0.3 is 9.64 Å². The molecular weight excluding hydrogens is 342 g/mol. The largest absolute Gasteiger partial charge is 0.468 e. The quantitative estimate of drug-likeness (QED) is 0.742. The number of esters is 1. The van der Waals surface area contributed by atoms with Gasteiger partial charge in [0.2, 0.25) is 5.91 Å². The fraction of sp³-hybridized carbons (Fsp3) is 0.562. The summed E-state index contributed by atoms with van der Waals surface area (Å²) in [5, 5.41) is 3.88. The van der Waals surface area contributed by atoms with Gasteiger partial charge in [0, 0.05) is 36.7 Å². The van der Waals surface area contributed by atoms with Crippen LogP contribution in [0.5, 0.6) is 0 Å². The number of aryl methyl sites for hydroxylation is 2. The number of nitrogens with zero attached hydrogens (tertiary/aromatic N) is 5. The van der Waals surface area contributed by atoms with Gasteiger partial charge in [-0.05, 0) is 25.8 Å². The molecule has 1 fully saturated rings. The first-order chi connectivity index (χ1) is 12.0. The van der Waals surface area contributed by atoms with Crippen LogP contribution in [-0.2, 0) is 20.7 Å². The van der Waals surface area contributed by atoms with Crippen molar-refractivity contribution < 1.29 is 14.3 Å². The van der Waals surface area contributed by atoms with E-state index in [2.05, 4.69) is 15.1 Å². The van der Waals surface area contributed by atoms with E-state index < -0.39 is 0 Å². The first-order valence-electron chi connectivity index (χ1n) is 8.14. The molecule has 0 aliphatic carbocycles. The minimum absolute atomic E-state index is 0.0479. The van der Waals surface area contributed by atoms with Crippen LogP contribution in [0.1, 0.15) is 23.4 Å². The summed E-state index contributed by atoms with van der Waals surface area (Å²) in [5.74, 6) is 1.09. The highest BCUT2D eigenvalue weighted by atomic mass is 32.2. The number of carbonyl (C=O) groups excluding carboxylic acids is 2. The molecule has 0 aromatic carbocycles. The summed E-state index contributed by atoms with van der Waals surface area (Å²) in [6.07, 6.45) is 2.44. The molecule has 2 aromatic heterocycles. The molecule has 1 amide bonds. The zero-order valence-electron chi connectivity index (χ0n) is 14.6. The predicted molar refractivity (Wildman–Crippen MR) is 93.4 cm³/mol. The maximum Gasteiger partial charge on any atom is 0.320 e. The Balaban J connectivity index is 1.67. The van der Waals surface area contributed by atoms with Gasteiger partial charge in [-0.2, -0.15) is 10.1 Å². The molecule has 0 spiro atoms. The first kappa shape index (κ1) is 17.7. The Labute approximate surface area is 150 Å². The van der Waals surface area contributed by atoms with Crippen LogP contribution in [0.25, 0.3) is 5.78 Å². The van der Waals surface area contributed by atoms with Crippen LogP contribution in [0.3, 0.4) is 0 Å². The van der Waals surface area contributed by atoms with Gasteiger partial charge in [-0.25, -0.2) is 9.50 Å². The number of amides is 1. The van der Waals surface area contributed by atoms with E-state index in [1.165, 1.54) is 13.4 Å². The SMILES string of the molecule is COC(=O)[C@@H]1CN(C(=O)CCc2c(C)nc3ncnn3c2C)CCS1. The molecule has 0 N–H and O–H groups in total. The highest BCUT2D eigenvalue weighted by Crippen LogP contribution is 2.21. The molecular formula is C16H21N5O3S. The van der Waals surface area contributed by atoms with Crippen molar-refractivity contribution in [1.82, 2.24) is 24.5 Å². The lowest BCUT2D eigenvalue weighted by Crippen LogP contribution is -2.45. The molecule has 0 bridgehead atoms. The van der Waals surface area contributed by atoms with Crippen molar-refractivity contribution in [3.05, 3.63) is 23.3 Å². The van der Waals surface area contributed by atoms with Crippen LogP contribution >= 0.6 is 11.8 Å². The Morgan fingerprint density at radius 3 is 2.96 bits per heavy atom. The number of aromatic nitrogens is 4. The first-order valence-corrected chi connectivity index (χ1v) is 9.19. The Morgan fingerprint density at radius 1 is 1.40 bits per heavy atom. The molecule has 0 unspecified atom stereocenters. The second-order valence-corrected chi connectivity index (χ2v) is 7.27. The van der Waals surface area contributed by atoms with Gasteiger partial charge in [-0.3, -0.25) is 9.59 Å². The molecule has 2 aromatic rings. The number of fused-ring (bicyclic) bond motifs is 1. The van der Waals surface area contributed by atoms with E-state index >= 15 is 0 Å². The van der Waals surface area contributed by atoms with Crippen molar-refractivity contribution in [2.75, 3.05) is 26.0 Å². The monoisotopic (exact) mass is 363 g/mol. The molecule has 1 aliphatic heterocycles. The van der Waals surface area contributed by atoms with Crippen LogP contribution in [0.15, 0.2) is 6.33 Å². The number of thioether (sulfide) groups is 1. The van der Waals surface area contributed by atoms with Crippen molar-refractivity contribution in [1.29, 1.82) is 0 Å². The second-order valence-electron chi connectivity index (χ2n) is 5.96. The summed E-state index contributed by atoms with van der Waals surface area (Å²) in [6, 6.07) is 0. The molecule has 1 aliphatic rings. The number of ether oxygens (including phenoxy) is 1. The maximum atomic E-state index is 12.6. The molecule has 9 heteroatoms. The molecule has 8 nitrogen and oxygen atoms in total. The zero-order valence-corrected chi connectivity index (χ0v) is 15.4. The minimum atomic E-state index is -0.292. The highest BCUT2D eigenvalue weighted by molar-refractivity contribution is 8.00. The van der Waals surface area contributed by atoms with Crippen LogP contribution in [-0.4, -0.2) is 67.6 Å². The van der Waals surface area contributed by atoms with E-state index in [1.807, 2.05) is 13.8 Å². The van der Waals surface area contributed by atoms with Crippen molar-refractivity contribution in [2.24, 2.45) is 0 Å². The van der Waals surface area contributed by atoms with Crippen LogP contribution in [0, 0.1) is 13.8 Å². The Morgan fingerprint density at radius 2 is 2.20 bits per heavy atom. The van der Waals surface area contributed by atoms with E-state index in [9.17, 15) is 9.59 Å². The summed E-state index contributed by atoms with van der Waals surface area (Å²) in [7, 11) is 1.38. The van der Waals surface area contributed by atoms with E-state index in [4.69, 9.17) is 4.74 Å². The third kappa shape index (κ3) is 3.60. The van der Waals surface area contributed by atoms with Gasteiger partial charge in [0.15, 0.2) is 0 Å². The molecule has 0 radical (unpaired) electrons. The fourth-order valence-electron chi connectivity index (χ4n) is 3.06. The van der Waals surface area contributed by atoms with Gasteiger partial charge in [0.25, 0.3) is 5.78 Å². The summed E-state index contributed by atoms with van der Waals surface area (Å²) in [6.45, 7) is 4.96. The van der Waals surface area contributed by atoms with Gasteiger partial charge >= 0.3 is 5.97 Å². The Hall–Kier alpha value is -2.16. The average Bonchev–Trinajstić information content (AvgIpc) is 3.09. The summed E-state index contributed by atoms with van der Waals surface area (Å²) < 4.78 is 6.48. The molecule has 134 valence electrons. The number of hydrogen-bond acceptors (Lipinski definition) is 7. The summed E-state index contributed by atoms with van der Waals surface area (Å²) >= 11 is 1.54. The minimum Gasteiger partial charge on any atom is -0.468 e. The number of rotatable bonds is 4. The fourth-order valence-corrected chi connectivity index (χ4v) is 4.19. The molecule has 3 heterocycles. The summed E-state index contributed by atoms with van der Waals surface area (Å²) in [4.78, 5) is 34.6. The number of hydrogen-bond donors (Lipinski definition) is 0. The Kier molecular flexibility index (Phi) is 5.22. The molecule has 25 heavy (non-hydrogen) atoms. The predicted octanol–water partition coefficient (Wildman–Crippen LogP) is 0.791. The van der Waals surface area contributed by atoms with E-state index in [0.29, 0.717) is 31.7 Å². The smallest absolute Gasteiger partial charge is 0.320 e. The van der Waals surface area contributed by atoms with Gasteiger partial charge in [0.1, 0.15) is 11.6 Å². The lowest BCUT2D eigenvalue weighted by molar-refractivity contribution is -0.141. The van der Waals surface area contributed by atoms with Crippen molar-refractivity contribution in [2.45, 2.75) is 31.9 Å². The van der Waals surface area contributed by atoms with Crippen LogP contribution in [0.4, 0.5) is 0 Å². The highest BCUT2D eigenvalue weighted by Gasteiger charge is 2.29. The number of carbonyl (C=O) groups is 2. The third-order valence-electron chi connectivity index (χ3n) is 4.46. The van der Waals surface area contributed by atoms with Gasteiger partial charge in [-0.15, -0.1) is 11.8 Å². The topological polar surface area (TPSA) is 89.7 Å². The molecule has 3 rings (SSSR count). The lowest BCUT2D eigenvalue weighted by Gasteiger charge is -2.31. The van der Waals surface area contributed by atoms with Crippen molar-refractivity contribution >= 4 is 29.4 Å². The van der Waals surface area contributed by atoms with E-state index in [-0.39, 0.29) is 17.1 Å².